The van der Waals surface area contributed by atoms with E-state index in [9.17, 15) is 22.7 Å². The second-order valence-corrected chi connectivity index (χ2v) is 7.44. The molecule has 0 aliphatic carbocycles. The van der Waals surface area contributed by atoms with E-state index >= 15 is 0 Å². The third kappa shape index (κ3) is 4.69. The molecule has 0 amide bonds. The summed E-state index contributed by atoms with van der Waals surface area (Å²) in [6, 6.07) is 12.4. The Morgan fingerprint density at radius 1 is 1.13 bits per heavy atom. The van der Waals surface area contributed by atoms with Crippen LogP contribution in [0.5, 0.6) is 5.75 Å². The molecule has 164 valence electrons. The first-order valence-electron chi connectivity index (χ1n) is 9.59. The van der Waals surface area contributed by atoms with Crippen LogP contribution in [0.2, 0.25) is 0 Å². The summed E-state index contributed by atoms with van der Waals surface area (Å²) >= 11 is 0. The number of fused-ring (bicyclic) bond motifs is 1. The fraction of sp³-hybridized carbons (Fsp3) is 0.304. The van der Waals surface area contributed by atoms with Gasteiger partial charge in [0, 0.05) is 22.9 Å². The number of nitrogens with zero attached hydrogens (tertiary/aromatic N) is 2. The minimum absolute atomic E-state index is 0.146. The van der Waals surface area contributed by atoms with Gasteiger partial charge in [-0.05, 0) is 49.6 Å². The van der Waals surface area contributed by atoms with E-state index in [1.807, 2.05) is 0 Å². The van der Waals surface area contributed by atoms with Crippen LogP contribution in [0.15, 0.2) is 53.5 Å². The number of aryl methyl sites for hydroxylation is 1. The number of methoxy groups -OCH3 is 1. The number of rotatable bonds is 6. The second kappa shape index (κ2) is 8.63. The maximum atomic E-state index is 14.0. The summed E-state index contributed by atoms with van der Waals surface area (Å²) in [6.07, 6.45) is -5.25. The number of hydrogen-bond donors (Lipinski definition) is 1. The lowest BCUT2D eigenvalue weighted by molar-refractivity contribution is -0.231. The van der Waals surface area contributed by atoms with Gasteiger partial charge in [0.2, 0.25) is 0 Å². The van der Waals surface area contributed by atoms with Gasteiger partial charge in [-0.2, -0.15) is 13.2 Å². The van der Waals surface area contributed by atoms with E-state index in [0.717, 1.165) is 11.8 Å². The first-order chi connectivity index (χ1) is 14.6. The predicted octanol–water partition coefficient (Wildman–Crippen LogP) is 5.88. The molecule has 0 aliphatic heterocycles. The van der Waals surface area contributed by atoms with Crippen molar-refractivity contribution >= 4 is 22.8 Å². The summed E-state index contributed by atoms with van der Waals surface area (Å²) in [6.45, 7) is 3.27. The van der Waals surface area contributed by atoms with Crippen LogP contribution in [0.1, 0.15) is 30.5 Å². The summed E-state index contributed by atoms with van der Waals surface area (Å²) in [5.74, 6) is -1.71. The fourth-order valence-electron chi connectivity index (χ4n) is 3.48. The van der Waals surface area contributed by atoms with Crippen molar-refractivity contribution in [3.8, 4) is 5.75 Å². The standard InChI is InChI=1S/C23H22F4N2O2/c1-14(16-6-4-7-18(24)21(16)31-3)12-22(30,23(25,26)27)13-28-19-8-5-9-20-17(19)11-10-15(2)29-20/h4-11,13-14,30H,12H2,1-3H3/t14-,22-/m1/s1. The van der Waals surface area contributed by atoms with Crippen molar-refractivity contribution < 1.29 is 27.4 Å². The molecule has 0 unspecified atom stereocenters. The number of alkyl halides is 3. The average molecular weight is 434 g/mol. The van der Waals surface area contributed by atoms with Gasteiger partial charge >= 0.3 is 6.18 Å². The summed E-state index contributed by atoms with van der Waals surface area (Å²) < 4.78 is 60.5. The van der Waals surface area contributed by atoms with E-state index in [4.69, 9.17) is 4.74 Å². The van der Waals surface area contributed by atoms with Crippen molar-refractivity contribution in [2.24, 2.45) is 4.99 Å². The van der Waals surface area contributed by atoms with E-state index in [2.05, 4.69) is 9.98 Å². The van der Waals surface area contributed by atoms with Gasteiger partial charge in [-0.1, -0.05) is 25.1 Å². The zero-order valence-electron chi connectivity index (χ0n) is 17.2. The molecule has 4 nitrogen and oxygen atoms in total. The van der Waals surface area contributed by atoms with Crippen molar-refractivity contribution in [2.45, 2.75) is 38.0 Å². The highest BCUT2D eigenvalue weighted by Gasteiger charge is 2.53. The highest BCUT2D eigenvalue weighted by Crippen LogP contribution is 2.40. The van der Waals surface area contributed by atoms with Crippen LogP contribution < -0.4 is 4.74 Å². The fourth-order valence-corrected chi connectivity index (χ4v) is 3.48. The number of halogens is 4. The van der Waals surface area contributed by atoms with Gasteiger partial charge in [-0.25, -0.2) is 4.39 Å². The predicted molar refractivity (Wildman–Crippen MR) is 112 cm³/mol. The minimum atomic E-state index is -5.00. The van der Waals surface area contributed by atoms with E-state index in [1.165, 1.54) is 26.2 Å². The molecule has 0 spiro atoms. The minimum Gasteiger partial charge on any atom is -0.493 e. The number of pyridine rings is 1. The number of hydrogen-bond acceptors (Lipinski definition) is 4. The Hall–Kier alpha value is -3.00. The lowest BCUT2D eigenvalue weighted by atomic mass is 9.86. The van der Waals surface area contributed by atoms with Gasteiger partial charge in [0.1, 0.15) is 0 Å². The van der Waals surface area contributed by atoms with Gasteiger partial charge in [0.05, 0.1) is 18.3 Å². The van der Waals surface area contributed by atoms with Crippen molar-refractivity contribution in [3.63, 3.8) is 0 Å². The zero-order chi connectivity index (χ0) is 22.8. The molecule has 1 aromatic heterocycles. The number of aliphatic imine (C=N–C) groups is 1. The Labute approximate surface area is 177 Å². The highest BCUT2D eigenvalue weighted by atomic mass is 19.4. The molecule has 1 heterocycles. The van der Waals surface area contributed by atoms with E-state index < -0.39 is 29.9 Å². The Morgan fingerprint density at radius 3 is 2.52 bits per heavy atom. The third-order valence-electron chi connectivity index (χ3n) is 5.11. The van der Waals surface area contributed by atoms with Crippen LogP contribution in [0, 0.1) is 12.7 Å². The number of aromatic nitrogens is 1. The van der Waals surface area contributed by atoms with Crippen LogP contribution >= 0.6 is 0 Å². The Morgan fingerprint density at radius 2 is 1.84 bits per heavy atom. The van der Waals surface area contributed by atoms with Gasteiger partial charge in [0.25, 0.3) is 0 Å². The molecule has 2 aromatic carbocycles. The molecule has 0 bridgehead atoms. The van der Waals surface area contributed by atoms with Crippen LogP contribution in [0.3, 0.4) is 0 Å². The maximum absolute atomic E-state index is 14.0. The first kappa shape index (κ1) is 22.7. The van der Waals surface area contributed by atoms with Crippen LogP contribution in [-0.2, 0) is 0 Å². The molecular weight excluding hydrogens is 412 g/mol. The van der Waals surface area contributed by atoms with Crippen molar-refractivity contribution in [1.29, 1.82) is 0 Å². The van der Waals surface area contributed by atoms with Crippen LogP contribution in [0.25, 0.3) is 10.9 Å². The lowest BCUT2D eigenvalue weighted by Crippen LogP contribution is -2.47. The van der Waals surface area contributed by atoms with Crippen molar-refractivity contribution in [2.75, 3.05) is 7.11 Å². The van der Waals surface area contributed by atoms with Crippen molar-refractivity contribution in [1.82, 2.24) is 4.98 Å². The summed E-state index contributed by atoms with van der Waals surface area (Å²) in [5, 5.41) is 11.1. The molecule has 2 atom stereocenters. The van der Waals surface area contributed by atoms with E-state index in [-0.39, 0.29) is 17.0 Å². The smallest absolute Gasteiger partial charge is 0.422 e. The summed E-state index contributed by atoms with van der Waals surface area (Å²) in [5.41, 5.74) is -1.40. The van der Waals surface area contributed by atoms with Crippen LogP contribution in [-0.4, -0.2) is 35.2 Å². The molecule has 0 aliphatic rings. The van der Waals surface area contributed by atoms with Crippen LogP contribution in [0.4, 0.5) is 23.2 Å². The second-order valence-electron chi connectivity index (χ2n) is 7.44. The molecule has 3 rings (SSSR count). The Bertz CT molecular complexity index is 1110. The average Bonchev–Trinajstić information content (AvgIpc) is 2.70. The summed E-state index contributed by atoms with van der Waals surface area (Å²) in [4.78, 5) is 8.31. The first-order valence-corrected chi connectivity index (χ1v) is 9.59. The number of ether oxygens (including phenoxy) is 1. The van der Waals surface area contributed by atoms with Gasteiger partial charge in [0.15, 0.2) is 17.2 Å². The monoisotopic (exact) mass is 434 g/mol. The van der Waals surface area contributed by atoms with Gasteiger partial charge in [-0.3, -0.25) is 9.98 Å². The SMILES string of the molecule is COc1c(F)cccc1[C@H](C)C[C@@](O)(C=Nc1cccc2nc(C)ccc12)C(F)(F)F. The quantitative estimate of drug-likeness (QED) is 0.389. The number of benzene rings is 2. The van der Waals surface area contributed by atoms with E-state index in [1.54, 1.807) is 37.3 Å². The molecule has 0 saturated heterocycles. The largest absolute Gasteiger partial charge is 0.493 e. The molecule has 1 N–H and O–H groups in total. The Balaban J connectivity index is 1.98. The summed E-state index contributed by atoms with van der Waals surface area (Å²) in [7, 11) is 1.24. The maximum Gasteiger partial charge on any atom is 0.422 e. The molecule has 0 radical (unpaired) electrons. The number of para-hydroxylation sites is 1. The highest BCUT2D eigenvalue weighted by molar-refractivity contribution is 5.92. The molecule has 3 aromatic rings. The molecule has 0 fully saturated rings. The third-order valence-corrected chi connectivity index (χ3v) is 5.11. The van der Waals surface area contributed by atoms with Gasteiger partial charge < -0.3 is 9.84 Å². The molecule has 31 heavy (non-hydrogen) atoms. The molecule has 0 saturated carbocycles. The molecule has 8 heteroatoms. The lowest BCUT2D eigenvalue weighted by Gasteiger charge is -2.30. The zero-order valence-corrected chi connectivity index (χ0v) is 17.2. The van der Waals surface area contributed by atoms with E-state index in [0.29, 0.717) is 17.1 Å². The Kier molecular flexibility index (Phi) is 6.31. The van der Waals surface area contributed by atoms with Gasteiger partial charge in [-0.15, -0.1) is 0 Å². The topological polar surface area (TPSA) is 54.7 Å². The number of aliphatic hydroxyl groups is 1. The normalized spacial score (nSPS) is 15.2. The van der Waals surface area contributed by atoms with Crippen molar-refractivity contribution in [3.05, 3.63) is 65.6 Å². The molecular formula is C23H22F4N2O2.